The lowest BCUT2D eigenvalue weighted by Crippen LogP contribution is -2.21. The predicted octanol–water partition coefficient (Wildman–Crippen LogP) is -0.151. The van der Waals surface area contributed by atoms with Crippen LogP contribution in [0.15, 0.2) is 0 Å². The summed E-state index contributed by atoms with van der Waals surface area (Å²) in [6, 6.07) is 0. The zero-order valence-electron chi connectivity index (χ0n) is 4.83. The SMILES string of the molecule is OC1CC(O)C(CBr)O1. The zero-order valence-corrected chi connectivity index (χ0v) is 6.41. The smallest absolute Gasteiger partial charge is 0.157 e. The first-order chi connectivity index (χ1) is 4.24. The fraction of sp³-hybridized carbons (Fsp3) is 1.00. The van der Waals surface area contributed by atoms with Crippen LogP contribution in [0, 0.1) is 0 Å². The van der Waals surface area contributed by atoms with Crippen LogP contribution in [0.3, 0.4) is 0 Å². The van der Waals surface area contributed by atoms with E-state index < -0.39 is 12.4 Å². The van der Waals surface area contributed by atoms with Gasteiger partial charge in [-0.25, -0.2) is 0 Å². The maximum atomic E-state index is 9.04. The molecule has 0 bridgehead atoms. The fourth-order valence-electron chi connectivity index (χ4n) is 0.846. The second-order valence-electron chi connectivity index (χ2n) is 2.09. The second-order valence-corrected chi connectivity index (χ2v) is 2.73. The van der Waals surface area contributed by atoms with Crippen LogP contribution in [0.25, 0.3) is 0 Å². The molecule has 0 amide bonds. The van der Waals surface area contributed by atoms with E-state index in [0.717, 1.165) is 0 Å². The summed E-state index contributed by atoms with van der Waals surface area (Å²) in [5, 5.41) is 18.4. The number of hydrogen-bond acceptors (Lipinski definition) is 3. The molecular formula is C5H9BrO3. The van der Waals surface area contributed by atoms with Crippen molar-refractivity contribution in [3.05, 3.63) is 0 Å². The first-order valence-corrected chi connectivity index (χ1v) is 3.93. The lowest BCUT2D eigenvalue weighted by molar-refractivity contribution is -0.0871. The summed E-state index contributed by atoms with van der Waals surface area (Å²) in [6.07, 6.45) is -1.20. The van der Waals surface area contributed by atoms with Crippen LogP contribution in [0.4, 0.5) is 0 Å². The van der Waals surface area contributed by atoms with Gasteiger partial charge >= 0.3 is 0 Å². The summed E-state index contributed by atoms with van der Waals surface area (Å²) in [5.41, 5.74) is 0. The molecule has 3 atom stereocenters. The van der Waals surface area contributed by atoms with Crippen molar-refractivity contribution in [3.8, 4) is 0 Å². The lowest BCUT2D eigenvalue weighted by atomic mass is 10.2. The van der Waals surface area contributed by atoms with Gasteiger partial charge in [-0.15, -0.1) is 0 Å². The number of ether oxygens (including phenoxy) is 1. The van der Waals surface area contributed by atoms with Gasteiger partial charge in [-0.1, -0.05) is 15.9 Å². The number of halogens is 1. The van der Waals surface area contributed by atoms with Crippen molar-refractivity contribution in [3.63, 3.8) is 0 Å². The van der Waals surface area contributed by atoms with Crippen LogP contribution in [-0.2, 0) is 4.74 Å². The lowest BCUT2D eigenvalue weighted by Gasteiger charge is -2.07. The van der Waals surface area contributed by atoms with Gasteiger partial charge in [-0.2, -0.15) is 0 Å². The molecule has 1 rings (SSSR count). The minimum atomic E-state index is -0.775. The second kappa shape index (κ2) is 2.96. The Kier molecular flexibility index (Phi) is 2.46. The molecule has 0 aliphatic carbocycles. The van der Waals surface area contributed by atoms with E-state index in [1.807, 2.05) is 0 Å². The van der Waals surface area contributed by atoms with E-state index in [4.69, 9.17) is 14.9 Å². The molecule has 0 aromatic carbocycles. The molecule has 9 heavy (non-hydrogen) atoms. The Morgan fingerprint density at radius 1 is 1.56 bits per heavy atom. The van der Waals surface area contributed by atoms with E-state index in [-0.39, 0.29) is 6.10 Å². The molecular weight excluding hydrogens is 188 g/mol. The van der Waals surface area contributed by atoms with Crippen molar-refractivity contribution in [2.24, 2.45) is 0 Å². The Hall–Kier alpha value is 0.360. The summed E-state index contributed by atoms with van der Waals surface area (Å²) in [5.74, 6) is 0. The van der Waals surface area contributed by atoms with E-state index in [0.29, 0.717) is 11.8 Å². The van der Waals surface area contributed by atoms with E-state index in [2.05, 4.69) is 15.9 Å². The number of rotatable bonds is 1. The minimum absolute atomic E-state index is 0.236. The van der Waals surface area contributed by atoms with E-state index in [9.17, 15) is 0 Å². The summed E-state index contributed by atoms with van der Waals surface area (Å²) in [4.78, 5) is 0. The molecule has 54 valence electrons. The zero-order chi connectivity index (χ0) is 6.85. The van der Waals surface area contributed by atoms with Gasteiger partial charge < -0.3 is 14.9 Å². The van der Waals surface area contributed by atoms with Crippen molar-refractivity contribution in [2.75, 3.05) is 5.33 Å². The Balaban J connectivity index is 2.38. The Morgan fingerprint density at radius 2 is 2.22 bits per heavy atom. The highest BCUT2D eigenvalue weighted by Crippen LogP contribution is 2.19. The molecule has 0 saturated carbocycles. The van der Waals surface area contributed by atoms with Crippen LogP contribution in [0.5, 0.6) is 0 Å². The number of aliphatic hydroxyl groups is 2. The van der Waals surface area contributed by atoms with Crippen LogP contribution in [0.2, 0.25) is 0 Å². The van der Waals surface area contributed by atoms with E-state index in [1.54, 1.807) is 0 Å². The van der Waals surface area contributed by atoms with Crippen molar-refractivity contribution in [1.29, 1.82) is 0 Å². The fourth-order valence-corrected chi connectivity index (χ4v) is 1.43. The van der Waals surface area contributed by atoms with E-state index in [1.165, 1.54) is 0 Å². The summed E-state index contributed by atoms with van der Waals surface area (Å²) < 4.78 is 4.88. The third-order valence-electron chi connectivity index (χ3n) is 1.36. The first kappa shape index (κ1) is 7.47. The standard InChI is InChI=1S/C5H9BrO3/c6-2-4-3(7)1-5(8)9-4/h3-5,7-8H,1-2H2. The Labute approximate surface area is 61.8 Å². The average Bonchev–Trinajstić information content (AvgIpc) is 2.10. The first-order valence-electron chi connectivity index (χ1n) is 2.81. The van der Waals surface area contributed by atoms with Gasteiger partial charge in [0.1, 0.15) is 0 Å². The van der Waals surface area contributed by atoms with Gasteiger partial charge in [0.25, 0.3) is 0 Å². The van der Waals surface area contributed by atoms with Crippen LogP contribution in [0.1, 0.15) is 6.42 Å². The average molecular weight is 197 g/mol. The molecule has 1 fully saturated rings. The van der Waals surface area contributed by atoms with Crippen molar-refractivity contribution < 1.29 is 14.9 Å². The van der Waals surface area contributed by atoms with E-state index >= 15 is 0 Å². The largest absolute Gasteiger partial charge is 0.390 e. The highest BCUT2D eigenvalue weighted by atomic mass is 79.9. The molecule has 1 aliphatic rings. The third kappa shape index (κ3) is 1.64. The van der Waals surface area contributed by atoms with Crippen LogP contribution in [-0.4, -0.2) is 34.0 Å². The highest BCUT2D eigenvalue weighted by Gasteiger charge is 2.31. The molecule has 1 heterocycles. The van der Waals surface area contributed by atoms with Crippen molar-refractivity contribution in [2.45, 2.75) is 24.9 Å². The van der Waals surface area contributed by atoms with Crippen molar-refractivity contribution in [1.82, 2.24) is 0 Å². The van der Waals surface area contributed by atoms with Gasteiger partial charge in [-0.3, -0.25) is 0 Å². The molecule has 0 radical (unpaired) electrons. The highest BCUT2D eigenvalue weighted by molar-refractivity contribution is 9.09. The normalized spacial score (nSPS) is 43.7. The molecule has 2 N–H and O–H groups in total. The summed E-state index contributed by atoms with van der Waals surface area (Å²) in [6.45, 7) is 0. The third-order valence-corrected chi connectivity index (χ3v) is 1.99. The van der Waals surface area contributed by atoms with Gasteiger partial charge in [0, 0.05) is 11.8 Å². The Bertz CT molecular complexity index is 98.2. The topological polar surface area (TPSA) is 49.7 Å². The molecule has 3 nitrogen and oxygen atoms in total. The van der Waals surface area contributed by atoms with Gasteiger partial charge in [-0.05, 0) is 0 Å². The number of hydrogen-bond donors (Lipinski definition) is 2. The monoisotopic (exact) mass is 196 g/mol. The molecule has 1 aliphatic heterocycles. The Morgan fingerprint density at radius 3 is 2.44 bits per heavy atom. The summed E-state index contributed by atoms with van der Waals surface area (Å²) in [7, 11) is 0. The quantitative estimate of drug-likeness (QED) is 0.574. The van der Waals surface area contributed by atoms with Crippen LogP contribution >= 0.6 is 15.9 Å². The predicted molar refractivity (Wildman–Crippen MR) is 35.3 cm³/mol. The minimum Gasteiger partial charge on any atom is -0.390 e. The summed E-state index contributed by atoms with van der Waals surface area (Å²) >= 11 is 3.15. The van der Waals surface area contributed by atoms with Gasteiger partial charge in [0.2, 0.25) is 0 Å². The van der Waals surface area contributed by atoms with Gasteiger partial charge in [0.15, 0.2) is 6.29 Å². The number of aliphatic hydroxyl groups excluding tert-OH is 2. The van der Waals surface area contributed by atoms with Crippen LogP contribution < -0.4 is 0 Å². The van der Waals surface area contributed by atoms with Crippen molar-refractivity contribution >= 4 is 15.9 Å². The molecule has 1 saturated heterocycles. The molecule has 0 aromatic heterocycles. The maximum Gasteiger partial charge on any atom is 0.157 e. The maximum absolute atomic E-state index is 9.04. The molecule has 0 aromatic rings. The molecule has 4 heteroatoms. The molecule has 3 unspecified atom stereocenters. The molecule has 0 spiro atoms. The van der Waals surface area contributed by atoms with Gasteiger partial charge in [0.05, 0.1) is 12.2 Å². The number of alkyl halides is 1.